The van der Waals surface area contributed by atoms with Crippen LogP contribution in [0.1, 0.15) is 15.9 Å². The summed E-state index contributed by atoms with van der Waals surface area (Å²) in [5, 5.41) is 6.78. The van der Waals surface area contributed by atoms with Gasteiger partial charge in [-0.3, -0.25) is 4.79 Å². The second-order valence-corrected chi connectivity index (χ2v) is 9.45. The summed E-state index contributed by atoms with van der Waals surface area (Å²) in [4.78, 5) is 28.4. The fraction of sp³-hybridized carbons (Fsp3) is 0.321. The lowest BCUT2D eigenvalue weighted by Gasteiger charge is -2.32. The lowest BCUT2D eigenvalue weighted by atomic mass is 10.0. The maximum absolute atomic E-state index is 12.9. The Morgan fingerprint density at radius 3 is 2.49 bits per heavy atom. The lowest BCUT2D eigenvalue weighted by molar-refractivity contribution is 0.0664. The predicted octanol–water partition coefficient (Wildman–Crippen LogP) is 3.89. The minimum Gasteiger partial charge on any atom is -0.369 e. The number of benzene rings is 3. The minimum atomic E-state index is 0.127. The Labute approximate surface area is 206 Å². The average Bonchev–Trinajstić information content (AvgIpc) is 2.88. The van der Waals surface area contributed by atoms with Gasteiger partial charge < -0.3 is 20.0 Å². The summed E-state index contributed by atoms with van der Waals surface area (Å²) >= 11 is 0. The molecule has 1 N–H and O–H groups in total. The number of nitrogens with zero attached hydrogens (tertiary/aromatic N) is 5. The Balaban J connectivity index is 1.28. The monoisotopic (exact) mass is 468 g/mol. The molecule has 0 atom stereocenters. The van der Waals surface area contributed by atoms with Crippen LogP contribution in [-0.4, -0.2) is 79.5 Å². The third-order valence-electron chi connectivity index (χ3n) is 6.64. The van der Waals surface area contributed by atoms with Crippen LogP contribution >= 0.6 is 0 Å². The van der Waals surface area contributed by atoms with E-state index in [2.05, 4.69) is 46.5 Å². The highest BCUT2D eigenvalue weighted by Crippen LogP contribution is 2.23. The van der Waals surface area contributed by atoms with Gasteiger partial charge in [-0.2, -0.15) is 4.98 Å². The maximum atomic E-state index is 12.9. The Hall–Kier alpha value is -3.71. The van der Waals surface area contributed by atoms with Gasteiger partial charge in [-0.15, -0.1) is 0 Å². The van der Waals surface area contributed by atoms with E-state index in [1.54, 1.807) is 0 Å². The first-order valence-electron chi connectivity index (χ1n) is 12.2. The van der Waals surface area contributed by atoms with Gasteiger partial charge in [0.15, 0.2) is 0 Å². The van der Waals surface area contributed by atoms with Gasteiger partial charge in [0.2, 0.25) is 5.95 Å². The van der Waals surface area contributed by atoms with E-state index in [0.717, 1.165) is 72.2 Å². The molecule has 1 amide bonds. The van der Waals surface area contributed by atoms with Crippen LogP contribution in [0.5, 0.6) is 0 Å². The van der Waals surface area contributed by atoms with Gasteiger partial charge in [0.25, 0.3) is 5.91 Å². The third-order valence-corrected chi connectivity index (χ3v) is 6.64. The molecular formula is C28H32N6O. The molecule has 1 aromatic heterocycles. The highest BCUT2D eigenvalue weighted by Gasteiger charge is 2.20. The van der Waals surface area contributed by atoms with Gasteiger partial charge >= 0.3 is 0 Å². The van der Waals surface area contributed by atoms with Crippen LogP contribution in [-0.2, 0) is 6.42 Å². The molecule has 1 saturated heterocycles. The van der Waals surface area contributed by atoms with Gasteiger partial charge in [-0.05, 0) is 54.1 Å². The molecular weight excluding hydrogens is 436 g/mol. The molecule has 1 aliphatic rings. The first kappa shape index (κ1) is 23.1. The Bertz CT molecular complexity index is 1360. The van der Waals surface area contributed by atoms with Crippen molar-refractivity contribution in [3.05, 3.63) is 71.8 Å². The van der Waals surface area contributed by atoms with Gasteiger partial charge in [0, 0.05) is 57.8 Å². The number of rotatable bonds is 6. The quantitative estimate of drug-likeness (QED) is 0.463. The number of anilines is 2. The molecule has 3 aromatic carbocycles. The largest absolute Gasteiger partial charge is 0.369 e. The Kier molecular flexibility index (Phi) is 6.51. The van der Waals surface area contributed by atoms with Gasteiger partial charge in [-0.25, -0.2) is 4.98 Å². The maximum Gasteiger partial charge on any atom is 0.253 e. The van der Waals surface area contributed by atoms with E-state index >= 15 is 0 Å². The molecule has 0 aliphatic carbocycles. The Morgan fingerprint density at radius 1 is 0.943 bits per heavy atom. The normalized spacial score (nSPS) is 14.4. The summed E-state index contributed by atoms with van der Waals surface area (Å²) in [7, 11) is 6.00. The van der Waals surface area contributed by atoms with E-state index in [4.69, 9.17) is 4.98 Å². The number of hydrogen-bond donors (Lipinski definition) is 1. The number of hydrogen-bond acceptors (Lipinski definition) is 6. The molecule has 0 saturated carbocycles. The van der Waals surface area contributed by atoms with Crippen LogP contribution in [0, 0.1) is 0 Å². The lowest BCUT2D eigenvalue weighted by Crippen LogP contribution is -2.47. The first-order valence-corrected chi connectivity index (χ1v) is 12.2. The smallest absolute Gasteiger partial charge is 0.253 e. The van der Waals surface area contributed by atoms with Crippen LogP contribution in [0.4, 0.5) is 11.8 Å². The van der Waals surface area contributed by atoms with E-state index in [-0.39, 0.29) is 5.91 Å². The van der Waals surface area contributed by atoms with Crippen molar-refractivity contribution in [2.24, 2.45) is 0 Å². The molecule has 4 aromatic rings. The van der Waals surface area contributed by atoms with Gasteiger partial charge in [0.1, 0.15) is 5.82 Å². The van der Waals surface area contributed by atoms with Crippen molar-refractivity contribution in [1.82, 2.24) is 19.8 Å². The average molecular weight is 469 g/mol. The van der Waals surface area contributed by atoms with Crippen molar-refractivity contribution in [2.45, 2.75) is 6.42 Å². The topological polar surface area (TPSA) is 64.6 Å². The zero-order valence-electron chi connectivity index (χ0n) is 20.7. The van der Waals surface area contributed by atoms with E-state index in [9.17, 15) is 4.79 Å². The number of amides is 1. The van der Waals surface area contributed by atoms with E-state index in [1.165, 1.54) is 5.56 Å². The SMILES string of the molecule is CN1CCN(C(=O)c2ccc3cc(CCNc4nc(N(C)C)nc5ccccc45)ccc3c2)CC1. The summed E-state index contributed by atoms with van der Waals surface area (Å²) in [6.07, 6.45) is 0.869. The first-order chi connectivity index (χ1) is 17.0. The zero-order chi connectivity index (χ0) is 24.4. The molecule has 0 unspecified atom stereocenters. The number of para-hydroxylation sites is 1. The number of aromatic nitrogens is 2. The molecule has 2 heterocycles. The summed E-state index contributed by atoms with van der Waals surface area (Å²) in [5.74, 6) is 1.67. The van der Waals surface area contributed by atoms with Crippen LogP contribution in [0.3, 0.4) is 0 Å². The van der Waals surface area contributed by atoms with Crippen LogP contribution in [0.25, 0.3) is 21.7 Å². The summed E-state index contributed by atoms with van der Waals surface area (Å²) < 4.78 is 0. The van der Waals surface area contributed by atoms with Gasteiger partial charge in [0.05, 0.1) is 5.52 Å². The van der Waals surface area contributed by atoms with E-state index < -0.39 is 0 Å². The molecule has 7 nitrogen and oxygen atoms in total. The molecule has 0 radical (unpaired) electrons. The number of nitrogens with one attached hydrogen (secondary N) is 1. The predicted molar refractivity (Wildman–Crippen MR) is 143 cm³/mol. The zero-order valence-corrected chi connectivity index (χ0v) is 20.7. The standard InChI is InChI=1S/C28H32N6O/c1-32(2)28-30-25-7-5-4-6-24(25)26(31-28)29-13-12-20-8-9-22-19-23(11-10-21(22)18-20)27(35)34-16-14-33(3)15-17-34/h4-11,18-19H,12-17H2,1-3H3,(H,29,30,31). The number of piperazine rings is 1. The highest BCUT2D eigenvalue weighted by atomic mass is 16.2. The van der Waals surface area contributed by atoms with E-state index in [1.807, 2.05) is 60.3 Å². The molecule has 0 spiro atoms. The van der Waals surface area contributed by atoms with Crippen molar-refractivity contribution in [2.75, 3.05) is 64.1 Å². The second kappa shape index (κ2) is 9.88. The van der Waals surface area contributed by atoms with Crippen molar-refractivity contribution in [3.8, 4) is 0 Å². The summed E-state index contributed by atoms with van der Waals surface area (Å²) in [5.41, 5.74) is 2.94. The molecule has 180 valence electrons. The second-order valence-electron chi connectivity index (χ2n) is 9.45. The number of carbonyl (C=O) groups excluding carboxylic acids is 1. The van der Waals surface area contributed by atoms with Crippen molar-refractivity contribution in [3.63, 3.8) is 0 Å². The fourth-order valence-electron chi connectivity index (χ4n) is 4.50. The molecule has 5 rings (SSSR count). The number of carbonyl (C=O) groups is 1. The molecule has 1 aliphatic heterocycles. The fourth-order valence-corrected chi connectivity index (χ4v) is 4.50. The third kappa shape index (κ3) is 5.05. The van der Waals surface area contributed by atoms with Gasteiger partial charge in [-0.1, -0.05) is 36.4 Å². The van der Waals surface area contributed by atoms with Crippen molar-refractivity contribution < 1.29 is 4.79 Å². The van der Waals surface area contributed by atoms with Crippen LogP contribution in [0.2, 0.25) is 0 Å². The summed E-state index contributed by atoms with van der Waals surface area (Å²) in [6.45, 7) is 4.20. The Morgan fingerprint density at radius 2 is 1.69 bits per heavy atom. The molecule has 1 fully saturated rings. The molecule has 35 heavy (non-hydrogen) atoms. The number of likely N-dealkylation sites (N-methyl/N-ethyl adjacent to an activating group) is 1. The number of fused-ring (bicyclic) bond motifs is 2. The van der Waals surface area contributed by atoms with Crippen LogP contribution < -0.4 is 10.2 Å². The van der Waals surface area contributed by atoms with Crippen LogP contribution in [0.15, 0.2) is 60.7 Å². The molecule has 0 bridgehead atoms. The van der Waals surface area contributed by atoms with Crippen molar-refractivity contribution >= 4 is 39.3 Å². The van der Waals surface area contributed by atoms with E-state index in [0.29, 0.717) is 5.95 Å². The highest BCUT2D eigenvalue weighted by molar-refractivity contribution is 5.98. The summed E-state index contributed by atoms with van der Waals surface area (Å²) in [6, 6.07) is 20.6. The minimum absolute atomic E-state index is 0.127. The van der Waals surface area contributed by atoms with Crippen molar-refractivity contribution in [1.29, 1.82) is 0 Å². The molecule has 7 heteroatoms.